The minimum Gasteiger partial charge on any atom is -0.453 e. The lowest BCUT2D eigenvalue weighted by Crippen LogP contribution is -2.52. The number of ether oxygens (including phenoxy) is 2. The molecule has 0 unspecified atom stereocenters. The van der Waals surface area contributed by atoms with Crippen LogP contribution in [0.3, 0.4) is 0 Å². The van der Waals surface area contributed by atoms with Crippen LogP contribution < -0.4 is 10.6 Å². The molecule has 0 bridgehead atoms. The van der Waals surface area contributed by atoms with E-state index in [0.29, 0.717) is 23.4 Å². The number of amides is 4. The minimum absolute atomic E-state index is 0.113. The van der Waals surface area contributed by atoms with Gasteiger partial charge in [0.1, 0.15) is 24.2 Å². The lowest BCUT2D eigenvalue weighted by Gasteiger charge is -2.31. The summed E-state index contributed by atoms with van der Waals surface area (Å²) in [5, 5.41) is 5.23. The highest BCUT2D eigenvalue weighted by atomic mass is 16.5. The van der Waals surface area contributed by atoms with Crippen molar-refractivity contribution in [3.05, 3.63) is 60.4 Å². The zero-order valence-electron chi connectivity index (χ0n) is 30.9. The summed E-state index contributed by atoms with van der Waals surface area (Å²) < 4.78 is 9.41. The van der Waals surface area contributed by atoms with Gasteiger partial charge in [-0.3, -0.25) is 14.6 Å². The number of carbonyl (C=O) groups excluding carboxylic acids is 4. The van der Waals surface area contributed by atoms with Crippen molar-refractivity contribution in [2.24, 2.45) is 17.8 Å². The predicted octanol–water partition coefficient (Wildman–Crippen LogP) is 4.62. The normalized spacial score (nSPS) is 24.1. The Morgan fingerprint density at radius 2 is 1.49 bits per heavy atom. The number of nitrogens with zero attached hydrogens (tertiary/aromatic N) is 6. The van der Waals surface area contributed by atoms with Gasteiger partial charge >= 0.3 is 12.2 Å². The lowest BCUT2D eigenvalue weighted by atomic mass is 10.0. The van der Waals surface area contributed by atoms with E-state index in [1.165, 1.54) is 14.2 Å². The molecule has 4 fully saturated rings. The average molecular weight is 747 g/mol. The van der Waals surface area contributed by atoms with Crippen LogP contribution in [0.25, 0.3) is 44.6 Å². The molecule has 0 spiro atoms. The first-order valence-electron chi connectivity index (χ1n) is 18.7. The molecule has 9 rings (SSSR count). The fourth-order valence-electron chi connectivity index (χ4n) is 8.56. The molecule has 5 heterocycles. The quantitative estimate of drug-likeness (QED) is 0.165. The smallest absolute Gasteiger partial charge is 0.407 e. The van der Waals surface area contributed by atoms with Crippen molar-refractivity contribution >= 4 is 46.1 Å². The van der Waals surface area contributed by atoms with Crippen molar-refractivity contribution in [1.29, 1.82) is 0 Å². The Balaban J connectivity index is 0.919. The summed E-state index contributed by atoms with van der Waals surface area (Å²) >= 11 is 0. The van der Waals surface area contributed by atoms with Crippen molar-refractivity contribution in [2.75, 3.05) is 20.8 Å². The van der Waals surface area contributed by atoms with Crippen LogP contribution in [0.2, 0.25) is 0 Å². The molecule has 4 N–H and O–H groups in total. The fourth-order valence-corrected chi connectivity index (χ4v) is 8.56. The summed E-state index contributed by atoms with van der Waals surface area (Å²) in [6, 6.07) is 11.0. The monoisotopic (exact) mass is 746 g/mol. The second-order valence-electron chi connectivity index (χ2n) is 15.4. The molecule has 2 aliphatic carbocycles. The Bertz CT molecular complexity index is 2360. The zero-order valence-corrected chi connectivity index (χ0v) is 30.9. The molecule has 2 saturated carbocycles. The van der Waals surface area contributed by atoms with Gasteiger partial charge < -0.3 is 39.9 Å². The second-order valence-corrected chi connectivity index (χ2v) is 15.4. The number of likely N-dealkylation sites (tertiary alicyclic amines) is 2. The first-order chi connectivity index (χ1) is 26.6. The Morgan fingerprint density at radius 1 is 0.782 bits per heavy atom. The van der Waals surface area contributed by atoms with Crippen LogP contribution in [-0.2, 0) is 19.1 Å². The summed E-state index contributed by atoms with van der Waals surface area (Å²) in [6.07, 6.45) is 5.85. The Kier molecular flexibility index (Phi) is 8.42. The molecule has 5 aromatic rings. The van der Waals surface area contributed by atoms with E-state index >= 15 is 0 Å². The van der Waals surface area contributed by atoms with Gasteiger partial charge in [0.05, 0.1) is 72.2 Å². The first kappa shape index (κ1) is 34.7. The Morgan fingerprint density at radius 3 is 2.24 bits per heavy atom. The summed E-state index contributed by atoms with van der Waals surface area (Å²) in [4.78, 5) is 80.4. The second kappa shape index (κ2) is 13.4. The molecule has 55 heavy (non-hydrogen) atoms. The molecule has 16 heteroatoms. The summed E-state index contributed by atoms with van der Waals surface area (Å²) in [5.41, 5.74) is 6.37. The van der Waals surface area contributed by atoms with E-state index in [2.05, 4.69) is 30.3 Å². The van der Waals surface area contributed by atoms with E-state index in [-0.39, 0.29) is 48.4 Å². The van der Waals surface area contributed by atoms with E-state index < -0.39 is 18.2 Å². The Labute approximate surface area is 315 Å². The van der Waals surface area contributed by atoms with Gasteiger partial charge in [0, 0.05) is 23.2 Å². The SMILES string of the molecule is COC(=O)NCC(=O)N1[C@@H]2C[C@@H]2C[C@H]1c1ncc(-c2ccc3nc(-c4ccc5nc([C@@H]6C[C@H]7C[C@H]7N6C(=O)[C@@H](NC(=O)OC)C(C)C)[nH]c5c4)cnc3c2)[nH]1. The van der Waals surface area contributed by atoms with Gasteiger partial charge in [0.25, 0.3) is 0 Å². The number of benzene rings is 2. The van der Waals surface area contributed by atoms with Gasteiger partial charge in [-0.2, -0.15) is 0 Å². The summed E-state index contributed by atoms with van der Waals surface area (Å²) in [5.74, 6) is 1.93. The zero-order chi connectivity index (χ0) is 38.1. The van der Waals surface area contributed by atoms with Crippen LogP contribution in [0.4, 0.5) is 9.59 Å². The van der Waals surface area contributed by atoms with Crippen molar-refractivity contribution in [1.82, 2.24) is 50.3 Å². The number of alkyl carbamates (subject to hydrolysis) is 2. The number of aromatic amines is 2. The molecule has 2 saturated heterocycles. The minimum atomic E-state index is -0.695. The molecule has 7 atom stereocenters. The van der Waals surface area contributed by atoms with Gasteiger partial charge in [-0.25, -0.2) is 24.5 Å². The molecule has 2 aliphatic heterocycles. The molecule has 3 aromatic heterocycles. The van der Waals surface area contributed by atoms with Crippen LogP contribution in [0.1, 0.15) is 63.3 Å². The molecule has 16 nitrogen and oxygen atoms in total. The molecular weight excluding hydrogens is 704 g/mol. The van der Waals surface area contributed by atoms with E-state index in [1.54, 1.807) is 12.4 Å². The summed E-state index contributed by atoms with van der Waals surface area (Å²) in [7, 11) is 2.56. The van der Waals surface area contributed by atoms with E-state index in [9.17, 15) is 19.2 Å². The highest BCUT2D eigenvalue weighted by molar-refractivity contribution is 5.88. The van der Waals surface area contributed by atoms with Gasteiger partial charge in [-0.05, 0) is 67.7 Å². The van der Waals surface area contributed by atoms with Crippen LogP contribution in [0.15, 0.2) is 48.8 Å². The number of hydrogen-bond acceptors (Lipinski definition) is 10. The molecule has 284 valence electrons. The maximum absolute atomic E-state index is 13.8. The molecule has 2 aromatic carbocycles. The standard InChI is InChI=1S/C39H42N10O6/c1-18(2)34(47-39(53)55-4)37(51)49-30-12-22(30)14-32(49)36-44-24-8-6-20(10-26(24)45-36)27-15-40-25-9-19(5-7-23(25)43-27)28-16-41-35(46-28)31-13-21-11-29(21)48(31)33(50)17-42-38(52)54-3/h5-10,15-16,18,21-22,29-32,34H,11-14,17H2,1-4H3,(H,41,46)(H,42,52)(H,44,45)(H,47,53)/t21-,22-,29-,30-,31+,32+,34+/m1/s1. The van der Waals surface area contributed by atoms with E-state index in [4.69, 9.17) is 19.7 Å². The van der Waals surface area contributed by atoms with Gasteiger partial charge in [0.15, 0.2) is 0 Å². The fraction of sp³-hybridized carbons (Fsp3) is 0.436. The van der Waals surface area contributed by atoms with Crippen molar-refractivity contribution in [3.8, 4) is 22.5 Å². The number of H-pyrrole nitrogens is 2. The van der Waals surface area contributed by atoms with Gasteiger partial charge in [-0.1, -0.05) is 26.0 Å². The third-order valence-corrected chi connectivity index (χ3v) is 11.6. The average Bonchev–Trinajstić information content (AvgIpc) is 3.81. The van der Waals surface area contributed by atoms with Crippen molar-refractivity contribution in [3.63, 3.8) is 0 Å². The summed E-state index contributed by atoms with van der Waals surface area (Å²) in [6.45, 7) is 3.70. The lowest BCUT2D eigenvalue weighted by molar-refractivity contribution is -0.136. The van der Waals surface area contributed by atoms with Gasteiger partial charge in [-0.15, -0.1) is 0 Å². The first-order valence-corrected chi connectivity index (χ1v) is 18.7. The number of imidazole rings is 2. The predicted molar refractivity (Wildman–Crippen MR) is 199 cm³/mol. The largest absolute Gasteiger partial charge is 0.453 e. The maximum Gasteiger partial charge on any atom is 0.407 e. The number of fused-ring (bicyclic) bond motifs is 4. The Hall–Kier alpha value is -6.06. The van der Waals surface area contributed by atoms with Crippen LogP contribution in [-0.4, -0.2) is 103 Å². The third kappa shape index (κ3) is 6.28. The topological polar surface area (TPSA) is 200 Å². The number of carbonyl (C=O) groups is 4. The van der Waals surface area contributed by atoms with Crippen LogP contribution in [0.5, 0.6) is 0 Å². The highest BCUT2D eigenvalue weighted by Gasteiger charge is 2.57. The molecular formula is C39H42N10O6. The number of rotatable bonds is 9. The molecule has 0 radical (unpaired) electrons. The number of hydrogen-bond donors (Lipinski definition) is 4. The number of aromatic nitrogens is 6. The molecule has 4 aliphatic rings. The van der Waals surface area contributed by atoms with E-state index in [1.807, 2.05) is 60.0 Å². The third-order valence-electron chi connectivity index (χ3n) is 11.6. The number of methoxy groups -OCH3 is 2. The van der Waals surface area contributed by atoms with Crippen LogP contribution in [0, 0.1) is 17.8 Å². The molecule has 4 amide bonds. The number of piperidine rings is 2. The van der Waals surface area contributed by atoms with Crippen molar-refractivity contribution in [2.45, 2.75) is 69.7 Å². The van der Waals surface area contributed by atoms with Crippen molar-refractivity contribution < 1.29 is 28.7 Å². The van der Waals surface area contributed by atoms with Gasteiger partial charge in [0.2, 0.25) is 11.8 Å². The highest BCUT2D eigenvalue weighted by Crippen LogP contribution is 2.54. The maximum atomic E-state index is 13.8. The van der Waals surface area contributed by atoms with E-state index in [0.717, 1.165) is 70.4 Å². The number of nitrogens with one attached hydrogen (secondary N) is 4. The van der Waals surface area contributed by atoms with Crippen LogP contribution >= 0.6 is 0 Å².